The predicted molar refractivity (Wildman–Crippen MR) is 74.9 cm³/mol. The van der Waals surface area contributed by atoms with Crippen LogP contribution in [0.2, 0.25) is 0 Å². The fraction of sp³-hybridized carbons (Fsp3) is 0.333. The molecule has 0 aliphatic carbocycles. The smallest absolute Gasteiger partial charge is 0.188 e. The molecule has 2 heterocycles. The van der Waals surface area contributed by atoms with Gasteiger partial charge in [0.2, 0.25) is 0 Å². The standard InChI is InChI=1S/C15H16N2O2/c1-15(2)9-19-14(17-15)6-10-3-4-11-7-12(8-18)16-13(11)5-10/h3-5,7-8,16H,6,9H2,1-2H3. The van der Waals surface area contributed by atoms with Crippen LogP contribution in [0.1, 0.15) is 29.9 Å². The van der Waals surface area contributed by atoms with Crippen LogP contribution in [0.25, 0.3) is 10.9 Å². The number of carbonyl (C=O) groups is 1. The summed E-state index contributed by atoms with van der Waals surface area (Å²) in [6, 6.07) is 7.94. The number of benzene rings is 1. The number of aromatic nitrogens is 1. The van der Waals surface area contributed by atoms with Gasteiger partial charge in [-0.2, -0.15) is 0 Å². The summed E-state index contributed by atoms with van der Waals surface area (Å²) in [5.41, 5.74) is 2.58. The lowest BCUT2D eigenvalue weighted by molar-refractivity contribution is 0.112. The van der Waals surface area contributed by atoms with Crippen molar-refractivity contribution in [2.75, 3.05) is 6.61 Å². The Kier molecular flexibility index (Phi) is 2.66. The SMILES string of the molecule is CC1(C)COC(Cc2ccc3cc(C=O)[nH]c3c2)=N1. The molecule has 0 atom stereocenters. The highest BCUT2D eigenvalue weighted by Gasteiger charge is 2.25. The van der Waals surface area contributed by atoms with Crippen molar-refractivity contribution >= 4 is 23.1 Å². The number of rotatable bonds is 3. The second kappa shape index (κ2) is 4.23. The number of hydrogen-bond donors (Lipinski definition) is 1. The quantitative estimate of drug-likeness (QED) is 0.858. The van der Waals surface area contributed by atoms with E-state index in [1.807, 2.05) is 24.3 Å². The maximum absolute atomic E-state index is 10.7. The zero-order chi connectivity index (χ0) is 13.5. The Hall–Kier alpha value is -2.10. The summed E-state index contributed by atoms with van der Waals surface area (Å²) in [7, 11) is 0. The molecule has 2 aromatic rings. The molecule has 4 nitrogen and oxygen atoms in total. The van der Waals surface area contributed by atoms with Crippen molar-refractivity contribution in [3.63, 3.8) is 0 Å². The van der Waals surface area contributed by atoms with E-state index in [0.717, 1.165) is 28.7 Å². The zero-order valence-corrected chi connectivity index (χ0v) is 11.1. The first kappa shape index (κ1) is 12.0. The Morgan fingerprint density at radius 1 is 1.42 bits per heavy atom. The third-order valence-electron chi connectivity index (χ3n) is 3.21. The number of aldehydes is 1. The van der Waals surface area contributed by atoms with Crippen LogP contribution in [0.3, 0.4) is 0 Å². The average molecular weight is 256 g/mol. The number of nitrogens with zero attached hydrogens (tertiary/aromatic N) is 1. The first-order valence-electron chi connectivity index (χ1n) is 6.34. The number of H-pyrrole nitrogens is 1. The van der Waals surface area contributed by atoms with Gasteiger partial charge in [0.1, 0.15) is 6.61 Å². The molecule has 0 unspecified atom stereocenters. The molecule has 0 radical (unpaired) electrons. The maximum atomic E-state index is 10.7. The van der Waals surface area contributed by atoms with Gasteiger partial charge in [-0.15, -0.1) is 0 Å². The summed E-state index contributed by atoms with van der Waals surface area (Å²) in [5.74, 6) is 0.784. The summed E-state index contributed by atoms with van der Waals surface area (Å²) < 4.78 is 5.59. The van der Waals surface area contributed by atoms with Crippen LogP contribution in [0.5, 0.6) is 0 Å². The van der Waals surface area contributed by atoms with Gasteiger partial charge in [-0.1, -0.05) is 12.1 Å². The first-order valence-corrected chi connectivity index (χ1v) is 6.34. The molecule has 98 valence electrons. The van der Waals surface area contributed by atoms with Gasteiger partial charge < -0.3 is 9.72 Å². The Morgan fingerprint density at radius 3 is 2.95 bits per heavy atom. The molecule has 1 aromatic carbocycles. The van der Waals surface area contributed by atoms with E-state index in [9.17, 15) is 4.79 Å². The molecule has 1 aliphatic heterocycles. The normalized spacial score (nSPS) is 17.3. The van der Waals surface area contributed by atoms with E-state index in [1.54, 1.807) is 0 Å². The minimum Gasteiger partial charge on any atom is -0.478 e. The van der Waals surface area contributed by atoms with Crippen LogP contribution in [0.15, 0.2) is 29.3 Å². The van der Waals surface area contributed by atoms with Crippen LogP contribution in [0, 0.1) is 0 Å². The Labute approximate surface area is 111 Å². The lowest BCUT2D eigenvalue weighted by Crippen LogP contribution is -2.17. The number of carbonyl (C=O) groups excluding carboxylic acids is 1. The molecule has 0 fully saturated rings. The lowest BCUT2D eigenvalue weighted by Gasteiger charge is -2.07. The highest BCUT2D eigenvalue weighted by molar-refractivity contribution is 5.89. The summed E-state index contributed by atoms with van der Waals surface area (Å²) in [5, 5.41) is 1.04. The van der Waals surface area contributed by atoms with Gasteiger partial charge >= 0.3 is 0 Å². The van der Waals surface area contributed by atoms with Crippen LogP contribution < -0.4 is 0 Å². The van der Waals surface area contributed by atoms with Gasteiger partial charge in [0.15, 0.2) is 12.2 Å². The van der Waals surface area contributed by atoms with Crippen LogP contribution in [-0.2, 0) is 11.2 Å². The van der Waals surface area contributed by atoms with Gasteiger partial charge in [-0.3, -0.25) is 4.79 Å². The van der Waals surface area contributed by atoms with Gasteiger partial charge in [0, 0.05) is 17.3 Å². The van der Waals surface area contributed by atoms with Crippen LogP contribution >= 0.6 is 0 Å². The molecule has 1 N–H and O–H groups in total. The van der Waals surface area contributed by atoms with E-state index in [2.05, 4.69) is 23.8 Å². The molecule has 0 bridgehead atoms. The molecule has 0 spiro atoms. The summed E-state index contributed by atoms with van der Waals surface area (Å²) in [6.45, 7) is 4.76. The predicted octanol–water partition coefficient (Wildman–Crippen LogP) is 2.73. The van der Waals surface area contributed by atoms with Crippen molar-refractivity contribution in [3.05, 3.63) is 35.5 Å². The summed E-state index contributed by atoms with van der Waals surface area (Å²) >= 11 is 0. The van der Waals surface area contributed by atoms with Crippen molar-refractivity contribution < 1.29 is 9.53 Å². The van der Waals surface area contributed by atoms with E-state index < -0.39 is 0 Å². The minimum absolute atomic E-state index is 0.115. The molecule has 4 heteroatoms. The summed E-state index contributed by atoms with van der Waals surface area (Å²) in [4.78, 5) is 18.4. The molecule has 3 rings (SSSR count). The van der Waals surface area contributed by atoms with Crippen molar-refractivity contribution in [2.24, 2.45) is 4.99 Å². The van der Waals surface area contributed by atoms with Crippen LogP contribution in [-0.4, -0.2) is 29.3 Å². The van der Waals surface area contributed by atoms with Crippen molar-refractivity contribution in [1.82, 2.24) is 4.98 Å². The number of nitrogens with one attached hydrogen (secondary N) is 1. The monoisotopic (exact) mass is 256 g/mol. The van der Waals surface area contributed by atoms with Crippen molar-refractivity contribution in [1.29, 1.82) is 0 Å². The van der Waals surface area contributed by atoms with E-state index in [4.69, 9.17) is 4.74 Å². The zero-order valence-electron chi connectivity index (χ0n) is 11.1. The second-order valence-electron chi connectivity index (χ2n) is 5.55. The van der Waals surface area contributed by atoms with E-state index in [1.165, 1.54) is 0 Å². The topological polar surface area (TPSA) is 54.5 Å². The molecule has 0 saturated carbocycles. The maximum Gasteiger partial charge on any atom is 0.188 e. The number of hydrogen-bond acceptors (Lipinski definition) is 3. The number of aromatic amines is 1. The first-order chi connectivity index (χ1) is 9.05. The molecule has 1 aromatic heterocycles. The van der Waals surface area contributed by atoms with E-state index in [-0.39, 0.29) is 5.54 Å². The largest absolute Gasteiger partial charge is 0.478 e. The highest BCUT2D eigenvalue weighted by Crippen LogP contribution is 2.21. The van der Waals surface area contributed by atoms with Gasteiger partial charge in [-0.25, -0.2) is 4.99 Å². The average Bonchev–Trinajstić information content (AvgIpc) is 2.91. The van der Waals surface area contributed by atoms with E-state index in [0.29, 0.717) is 18.7 Å². The number of ether oxygens (including phenoxy) is 1. The highest BCUT2D eigenvalue weighted by atomic mass is 16.5. The number of fused-ring (bicyclic) bond motifs is 1. The van der Waals surface area contributed by atoms with Gasteiger partial charge in [-0.05, 0) is 31.5 Å². The molecule has 0 saturated heterocycles. The van der Waals surface area contributed by atoms with Crippen LogP contribution in [0.4, 0.5) is 0 Å². The fourth-order valence-electron chi connectivity index (χ4n) is 2.30. The number of aliphatic imine (C=N–C) groups is 1. The lowest BCUT2D eigenvalue weighted by atomic mass is 10.1. The van der Waals surface area contributed by atoms with E-state index >= 15 is 0 Å². The van der Waals surface area contributed by atoms with Gasteiger partial charge in [0.25, 0.3) is 0 Å². The third-order valence-corrected chi connectivity index (χ3v) is 3.21. The molecule has 19 heavy (non-hydrogen) atoms. The fourth-order valence-corrected chi connectivity index (χ4v) is 2.30. The molecular weight excluding hydrogens is 240 g/mol. The summed E-state index contributed by atoms with van der Waals surface area (Å²) in [6.07, 6.45) is 1.52. The Balaban J connectivity index is 1.87. The molecule has 0 amide bonds. The molecular formula is C15H16N2O2. The molecule has 1 aliphatic rings. The minimum atomic E-state index is -0.115. The van der Waals surface area contributed by atoms with Crippen molar-refractivity contribution in [3.8, 4) is 0 Å². The Morgan fingerprint density at radius 2 is 2.26 bits per heavy atom. The second-order valence-corrected chi connectivity index (χ2v) is 5.55. The van der Waals surface area contributed by atoms with Gasteiger partial charge in [0.05, 0.1) is 11.2 Å². The van der Waals surface area contributed by atoms with Crippen molar-refractivity contribution in [2.45, 2.75) is 25.8 Å². The Bertz CT molecular complexity index is 668. The third kappa shape index (κ3) is 2.38.